The molecule has 0 unspecified atom stereocenters. The van der Waals surface area contributed by atoms with E-state index in [4.69, 9.17) is 0 Å². The third-order valence-corrected chi connectivity index (χ3v) is 0. The molecule has 0 nitrogen and oxygen atoms in total. The number of rotatable bonds is 0. The maximum Gasteiger partial charge on any atom is 0 e. The molecule has 6 heavy (non-hydrogen) atoms. The van der Waals surface area contributed by atoms with Gasteiger partial charge in [-0.2, -0.15) is 0 Å². The predicted molar refractivity (Wildman–Crippen MR) is 31.3 cm³/mol. The molecule has 0 N–H and O–H groups in total. The van der Waals surface area contributed by atoms with Crippen LogP contribution in [0.3, 0.4) is 0 Å². The molecule has 0 amide bonds. The van der Waals surface area contributed by atoms with Crippen molar-refractivity contribution in [3.05, 3.63) is 0 Å². The molecule has 0 fully saturated rings. The van der Waals surface area contributed by atoms with Gasteiger partial charge in [0.05, 0.1) is 0 Å². The van der Waals surface area contributed by atoms with Crippen molar-refractivity contribution in [3.8, 4) is 0 Å². The van der Waals surface area contributed by atoms with Gasteiger partial charge in [0.1, 0.15) is 0 Å². The fourth-order valence-electron chi connectivity index (χ4n) is 0. The predicted octanol–water partition coefficient (Wildman–Crippen LogP) is 1.31. The van der Waals surface area contributed by atoms with Crippen LogP contribution in [0.1, 0.15) is 0 Å². The van der Waals surface area contributed by atoms with Crippen LogP contribution in [0.4, 0.5) is 0 Å². The van der Waals surface area contributed by atoms with Gasteiger partial charge in [0.15, 0.2) is 0 Å². The smallest absolute Gasteiger partial charge is 0 e. The Morgan fingerprint density at radius 2 is 0.833 bits per heavy atom. The van der Waals surface area contributed by atoms with Gasteiger partial charge in [0.25, 0.3) is 0 Å². The van der Waals surface area contributed by atoms with Crippen LogP contribution in [-0.2, 0) is 27.3 Å². The van der Waals surface area contributed by atoms with Crippen molar-refractivity contribution < 1.29 is 27.3 Å². The van der Waals surface area contributed by atoms with E-state index in [2.05, 4.69) is 25.0 Å². The Bertz CT molecular complexity index is 23.0. The summed E-state index contributed by atoms with van der Waals surface area (Å²) in [7, 11) is -0.167. The fourth-order valence-corrected chi connectivity index (χ4v) is 0. The molecule has 0 aliphatic heterocycles. The first kappa shape index (κ1) is 10.3. The van der Waals surface area contributed by atoms with Gasteiger partial charge in [0, 0.05) is 27.3 Å². The average molecular weight is 205 g/mol. The summed E-state index contributed by atoms with van der Waals surface area (Å²) in [5, 5.41) is 0. The Hall–Kier alpha value is 1.27. The van der Waals surface area contributed by atoms with Gasteiger partial charge in [-0.15, -0.1) is 0 Å². The van der Waals surface area contributed by atoms with Crippen molar-refractivity contribution in [2.24, 2.45) is 0 Å². The van der Waals surface area contributed by atoms with Crippen LogP contribution >= 0.6 is 10.0 Å². The van der Waals surface area contributed by atoms with Gasteiger partial charge in [-0.25, -0.2) is 0 Å². The molecule has 0 aromatic heterocycles. The topological polar surface area (TPSA) is 0 Å². The van der Waals surface area contributed by atoms with Crippen molar-refractivity contribution in [2.45, 2.75) is 0 Å². The molecule has 0 aliphatic rings. The molecule has 0 atom stereocenters. The van der Waals surface area contributed by atoms with Crippen molar-refractivity contribution in [2.75, 3.05) is 25.0 Å². The maximum absolute atomic E-state index is 2.27. The zero-order valence-electron chi connectivity index (χ0n) is 5.12. The van der Waals surface area contributed by atoms with E-state index >= 15 is 0 Å². The Morgan fingerprint density at radius 3 is 0.833 bits per heavy atom. The minimum absolute atomic E-state index is 0. The molecule has 0 saturated carbocycles. The van der Waals surface area contributed by atoms with Crippen LogP contribution in [0, 0.1) is 0 Å². The molecular weight excluding hydrogens is 193 g/mol. The van der Waals surface area contributed by atoms with Gasteiger partial charge in [-0.3, -0.25) is 10.0 Å². The quantitative estimate of drug-likeness (QED) is 0.522. The largest absolute Gasteiger partial charge is 0.253 e. The van der Waals surface area contributed by atoms with E-state index in [0.29, 0.717) is 0 Å². The first-order valence-corrected chi connectivity index (χ1v) is 4.90. The first-order valence-electron chi connectivity index (χ1n) is 1.63. The SMILES string of the molecule is CS(C)(C)C.[Cd]. The Labute approximate surface area is 62.2 Å². The zero-order valence-corrected chi connectivity index (χ0v) is 9.97. The van der Waals surface area contributed by atoms with E-state index in [1.807, 2.05) is 0 Å². The van der Waals surface area contributed by atoms with Crippen molar-refractivity contribution in [1.29, 1.82) is 0 Å². The maximum atomic E-state index is 2.27. The first-order chi connectivity index (χ1) is 2.00. The molecule has 0 saturated heterocycles. The van der Waals surface area contributed by atoms with Crippen LogP contribution in [0.5, 0.6) is 0 Å². The van der Waals surface area contributed by atoms with Gasteiger partial charge in [-0.1, -0.05) is 0 Å². The summed E-state index contributed by atoms with van der Waals surface area (Å²) < 4.78 is 0. The van der Waals surface area contributed by atoms with Crippen molar-refractivity contribution in [3.63, 3.8) is 0 Å². The van der Waals surface area contributed by atoms with E-state index in [0.717, 1.165) is 0 Å². The van der Waals surface area contributed by atoms with Gasteiger partial charge in [-0.05, 0) is 25.0 Å². The minimum atomic E-state index is -0.167. The minimum Gasteiger partial charge on any atom is -0.253 e. The Morgan fingerprint density at radius 1 is 0.833 bits per heavy atom. The second-order valence-corrected chi connectivity index (χ2v) is 7.35. The van der Waals surface area contributed by atoms with Gasteiger partial charge in [0.2, 0.25) is 0 Å². The molecule has 2 heteroatoms. The molecule has 0 aromatic carbocycles. The molecule has 36 valence electrons. The van der Waals surface area contributed by atoms with E-state index < -0.39 is 0 Å². The molecule has 0 heterocycles. The van der Waals surface area contributed by atoms with Crippen LogP contribution in [0.2, 0.25) is 0 Å². The monoisotopic (exact) mass is 206 g/mol. The van der Waals surface area contributed by atoms with Crippen LogP contribution in [0.15, 0.2) is 0 Å². The summed E-state index contributed by atoms with van der Waals surface area (Å²) in [5.41, 5.74) is 0. The van der Waals surface area contributed by atoms with E-state index in [1.165, 1.54) is 0 Å². The Kier molecular flexibility index (Phi) is 5.65. The zero-order chi connectivity index (χ0) is 4.50. The summed E-state index contributed by atoms with van der Waals surface area (Å²) in [6.45, 7) is 0. The summed E-state index contributed by atoms with van der Waals surface area (Å²) in [6, 6.07) is 0. The summed E-state index contributed by atoms with van der Waals surface area (Å²) >= 11 is 0. The normalized spacial score (nSPS) is 12.7. The summed E-state index contributed by atoms with van der Waals surface area (Å²) in [5.74, 6) is 0. The second kappa shape index (κ2) is 3.30. The van der Waals surface area contributed by atoms with Crippen molar-refractivity contribution in [1.82, 2.24) is 0 Å². The fraction of sp³-hybridized carbons (Fsp3) is 1.00. The third-order valence-electron chi connectivity index (χ3n) is 0. The second-order valence-electron chi connectivity index (χ2n) is 2.45. The van der Waals surface area contributed by atoms with E-state index in [9.17, 15) is 0 Å². The molecule has 0 radical (unpaired) electrons. The molecular formula is C4H12CdS. The van der Waals surface area contributed by atoms with Crippen LogP contribution in [-0.4, -0.2) is 25.0 Å². The standard InChI is InChI=1S/C4H12S.Cd/c1-5(2,3)4;/h1-4H3;. The average Bonchev–Trinajstić information content (AvgIpc) is 0.722. The molecule has 0 spiro atoms. The molecule has 0 aromatic rings. The summed E-state index contributed by atoms with van der Waals surface area (Å²) in [4.78, 5) is 0. The van der Waals surface area contributed by atoms with Gasteiger partial charge < -0.3 is 0 Å². The van der Waals surface area contributed by atoms with Crippen LogP contribution in [0.25, 0.3) is 0 Å². The molecule has 0 rings (SSSR count). The van der Waals surface area contributed by atoms with Crippen LogP contribution < -0.4 is 0 Å². The Balaban J connectivity index is 0. The molecule has 0 bridgehead atoms. The third kappa shape index (κ3) is 59.5. The van der Waals surface area contributed by atoms with Crippen molar-refractivity contribution >= 4 is 10.0 Å². The summed E-state index contributed by atoms with van der Waals surface area (Å²) in [6.07, 6.45) is 9.08. The number of hydrogen-bond donors (Lipinski definition) is 0. The molecule has 0 aliphatic carbocycles. The van der Waals surface area contributed by atoms with Gasteiger partial charge >= 0.3 is 0 Å². The van der Waals surface area contributed by atoms with E-state index in [-0.39, 0.29) is 37.3 Å². The number of hydrogen-bond acceptors (Lipinski definition) is 0. The van der Waals surface area contributed by atoms with E-state index in [1.54, 1.807) is 0 Å².